The summed E-state index contributed by atoms with van der Waals surface area (Å²) in [6.45, 7) is 0. The second-order valence-corrected chi connectivity index (χ2v) is 9.25. The van der Waals surface area contributed by atoms with Crippen LogP contribution in [0.15, 0.2) is 81.8 Å². The normalized spacial score (nSPS) is 18.2. The lowest BCUT2D eigenvalue weighted by Gasteiger charge is -2.31. The fraction of sp³-hybridized carbons (Fsp3) is 0.160. The summed E-state index contributed by atoms with van der Waals surface area (Å²) in [5, 5.41) is 15.5. The predicted molar refractivity (Wildman–Crippen MR) is 128 cm³/mol. The summed E-state index contributed by atoms with van der Waals surface area (Å²) in [5.74, 6) is -2.42. The van der Waals surface area contributed by atoms with Crippen LogP contribution in [0.5, 0.6) is 0 Å². The van der Waals surface area contributed by atoms with Gasteiger partial charge in [-0.3, -0.25) is 9.59 Å². The molecule has 0 unspecified atom stereocenters. The first kappa shape index (κ1) is 22.1. The maximum absolute atomic E-state index is 12.9. The molecule has 2 atom stereocenters. The number of thioether (sulfide) groups is 1. The summed E-state index contributed by atoms with van der Waals surface area (Å²) in [6.07, 6.45) is 0. The van der Waals surface area contributed by atoms with Gasteiger partial charge in [-0.15, -0.1) is 11.8 Å². The highest BCUT2D eigenvalue weighted by Crippen LogP contribution is 2.41. The highest BCUT2D eigenvalue weighted by atomic mass is 79.9. The third-order valence-corrected chi connectivity index (χ3v) is 6.97. The van der Waals surface area contributed by atoms with E-state index in [0.717, 1.165) is 20.8 Å². The second kappa shape index (κ2) is 9.60. The number of allylic oxidation sites excluding steroid dienone is 1. The Labute approximate surface area is 198 Å². The number of benzene rings is 3. The predicted octanol–water partition coefficient (Wildman–Crippen LogP) is 5.27. The molecule has 0 bridgehead atoms. The van der Waals surface area contributed by atoms with Crippen LogP contribution in [0.3, 0.4) is 0 Å². The smallest absolute Gasteiger partial charge is 0.319 e. The molecule has 0 saturated heterocycles. The first-order valence-corrected chi connectivity index (χ1v) is 11.7. The van der Waals surface area contributed by atoms with E-state index in [1.54, 1.807) is 0 Å². The van der Waals surface area contributed by atoms with Crippen LogP contribution in [0.1, 0.15) is 17.0 Å². The van der Waals surface area contributed by atoms with Gasteiger partial charge in [-0.2, -0.15) is 5.26 Å². The minimum absolute atomic E-state index is 0.351. The van der Waals surface area contributed by atoms with Crippen molar-refractivity contribution in [2.24, 2.45) is 5.92 Å². The highest BCUT2D eigenvalue weighted by Gasteiger charge is 2.44. The number of esters is 1. The second-order valence-electron chi connectivity index (χ2n) is 7.35. The molecule has 0 fully saturated rings. The summed E-state index contributed by atoms with van der Waals surface area (Å²) < 4.78 is 5.69. The lowest BCUT2D eigenvalue weighted by Crippen LogP contribution is -2.44. The molecule has 1 heterocycles. The van der Waals surface area contributed by atoms with E-state index in [-0.39, 0.29) is 0 Å². The molecule has 4 rings (SSSR count). The molecule has 3 aromatic carbocycles. The average Bonchev–Trinajstić information content (AvgIpc) is 2.81. The largest absolute Gasteiger partial charge is 0.468 e. The van der Waals surface area contributed by atoms with Crippen LogP contribution < -0.4 is 5.32 Å². The number of carbonyl (C=O) groups is 2. The van der Waals surface area contributed by atoms with Crippen molar-refractivity contribution in [3.63, 3.8) is 0 Å². The van der Waals surface area contributed by atoms with Crippen LogP contribution in [0.25, 0.3) is 10.8 Å². The van der Waals surface area contributed by atoms with Gasteiger partial charge in [-0.05, 0) is 34.0 Å². The molecule has 0 aromatic heterocycles. The fourth-order valence-electron chi connectivity index (χ4n) is 3.86. The molecular weight excluding hydrogens is 488 g/mol. The number of amides is 1. The molecule has 0 aliphatic carbocycles. The Hall–Kier alpha value is -3.08. The number of ether oxygens (including phenoxy) is 1. The number of methoxy groups -OCH3 is 1. The van der Waals surface area contributed by atoms with Crippen LogP contribution >= 0.6 is 27.7 Å². The van der Waals surface area contributed by atoms with Crippen molar-refractivity contribution < 1.29 is 14.3 Å². The molecule has 1 amide bonds. The van der Waals surface area contributed by atoms with Gasteiger partial charge in [0.2, 0.25) is 5.91 Å². The Kier molecular flexibility index (Phi) is 6.63. The van der Waals surface area contributed by atoms with E-state index in [0.29, 0.717) is 21.9 Å². The summed E-state index contributed by atoms with van der Waals surface area (Å²) in [5.41, 5.74) is 2.12. The summed E-state index contributed by atoms with van der Waals surface area (Å²) in [7, 11) is 1.24. The van der Waals surface area contributed by atoms with Crippen molar-refractivity contribution in [1.82, 2.24) is 5.32 Å². The Morgan fingerprint density at radius 1 is 1.12 bits per heavy atom. The van der Waals surface area contributed by atoms with Crippen LogP contribution in [0.4, 0.5) is 0 Å². The van der Waals surface area contributed by atoms with E-state index in [2.05, 4.69) is 51.6 Å². The van der Waals surface area contributed by atoms with E-state index >= 15 is 0 Å². The molecule has 3 aromatic rings. The Morgan fingerprint density at radius 2 is 1.91 bits per heavy atom. The first-order valence-electron chi connectivity index (χ1n) is 9.90. The number of rotatable bonds is 5. The molecule has 1 aliphatic rings. The molecule has 7 heteroatoms. The Balaban J connectivity index is 1.71. The van der Waals surface area contributed by atoms with E-state index in [1.165, 1.54) is 18.9 Å². The van der Waals surface area contributed by atoms with Crippen LogP contribution in [0, 0.1) is 17.2 Å². The standard InChI is InChI=1S/C25H19BrN2O3S/c1-31-25(30)22-21(18-7-4-8-19(26)12-18)20(13-27)24(28-23(22)29)32-14-15-9-10-16-5-2-3-6-17(16)11-15/h2-12,21-22H,14H2,1H3,(H,28,29)/t21-,22+/m1/s1. The third kappa shape index (κ3) is 4.43. The van der Waals surface area contributed by atoms with Crippen molar-refractivity contribution in [2.75, 3.05) is 7.11 Å². The molecule has 0 spiro atoms. The van der Waals surface area contributed by atoms with Gasteiger partial charge in [0.15, 0.2) is 0 Å². The van der Waals surface area contributed by atoms with Crippen molar-refractivity contribution in [3.05, 3.63) is 92.9 Å². The topological polar surface area (TPSA) is 79.2 Å². The monoisotopic (exact) mass is 506 g/mol. The van der Waals surface area contributed by atoms with E-state index < -0.39 is 23.7 Å². The molecule has 5 nitrogen and oxygen atoms in total. The summed E-state index contributed by atoms with van der Waals surface area (Å²) >= 11 is 4.82. The average molecular weight is 507 g/mol. The fourth-order valence-corrected chi connectivity index (χ4v) is 5.27. The van der Waals surface area contributed by atoms with Gasteiger partial charge in [0.05, 0.1) is 23.8 Å². The number of nitrogens with one attached hydrogen (secondary N) is 1. The number of carbonyl (C=O) groups excluding carboxylic acids is 2. The Morgan fingerprint density at radius 3 is 2.62 bits per heavy atom. The maximum Gasteiger partial charge on any atom is 0.319 e. The van der Waals surface area contributed by atoms with Gasteiger partial charge in [0.1, 0.15) is 5.92 Å². The van der Waals surface area contributed by atoms with Gasteiger partial charge < -0.3 is 10.1 Å². The maximum atomic E-state index is 12.9. The first-order chi connectivity index (χ1) is 15.5. The molecule has 160 valence electrons. The SMILES string of the molecule is COC(=O)[C@@H]1C(=O)NC(SCc2ccc3ccccc3c2)=C(C#N)[C@H]1c1cccc(Br)c1. The van der Waals surface area contributed by atoms with Gasteiger partial charge >= 0.3 is 5.97 Å². The third-order valence-electron chi connectivity index (χ3n) is 5.39. The number of nitriles is 1. The van der Waals surface area contributed by atoms with Crippen molar-refractivity contribution in [3.8, 4) is 6.07 Å². The summed E-state index contributed by atoms with van der Waals surface area (Å²) in [4.78, 5) is 25.4. The molecule has 32 heavy (non-hydrogen) atoms. The number of hydrogen-bond donors (Lipinski definition) is 1. The number of nitrogens with zero attached hydrogens (tertiary/aromatic N) is 1. The van der Waals surface area contributed by atoms with Gasteiger partial charge in [0.25, 0.3) is 0 Å². The molecule has 1 N–H and O–H groups in total. The minimum atomic E-state index is -1.13. The van der Waals surface area contributed by atoms with Gasteiger partial charge in [-0.1, -0.05) is 70.5 Å². The highest BCUT2D eigenvalue weighted by molar-refractivity contribution is 9.10. The van der Waals surface area contributed by atoms with Crippen molar-refractivity contribution in [1.29, 1.82) is 5.26 Å². The number of fused-ring (bicyclic) bond motifs is 1. The lowest BCUT2D eigenvalue weighted by atomic mass is 9.78. The summed E-state index contributed by atoms with van der Waals surface area (Å²) in [6, 6.07) is 23.8. The number of hydrogen-bond acceptors (Lipinski definition) is 5. The zero-order chi connectivity index (χ0) is 22.7. The van der Waals surface area contributed by atoms with E-state index in [4.69, 9.17) is 4.74 Å². The van der Waals surface area contributed by atoms with Crippen molar-refractivity contribution >= 4 is 50.3 Å². The lowest BCUT2D eigenvalue weighted by molar-refractivity contribution is -0.150. The van der Waals surface area contributed by atoms with E-state index in [9.17, 15) is 14.9 Å². The van der Waals surface area contributed by atoms with Crippen LogP contribution in [-0.2, 0) is 20.1 Å². The molecule has 0 saturated carbocycles. The minimum Gasteiger partial charge on any atom is -0.468 e. The Bertz CT molecular complexity index is 1280. The molecule has 1 aliphatic heterocycles. The zero-order valence-corrected chi connectivity index (χ0v) is 19.6. The quantitative estimate of drug-likeness (QED) is 0.376. The van der Waals surface area contributed by atoms with E-state index in [1.807, 2.05) is 42.5 Å². The van der Waals surface area contributed by atoms with Crippen molar-refractivity contribution in [2.45, 2.75) is 11.7 Å². The van der Waals surface area contributed by atoms with Crippen LogP contribution in [0.2, 0.25) is 0 Å². The van der Waals surface area contributed by atoms with Gasteiger partial charge in [-0.25, -0.2) is 0 Å². The zero-order valence-electron chi connectivity index (χ0n) is 17.2. The number of halogens is 1. The van der Waals surface area contributed by atoms with Crippen LogP contribution in [-0.4, -0.2) is 19.0 Å². The molecular formula is C25H19BrN2O3S. The van der Waals surface area contributed by atoms with Gasteiger partial charge in [0, 0.05) is 16.1 Å². The molecule has 0 radical (unpaired) electrons.